The van der Waals surface area contributed by atoms with Crippen LogP contribution in [0.1, 0.15) is 37.0 Å². The predicted molar refractivity (Wildman–Crippen MR) is 105 cm³/mol. The number of rotatable bonds is 7. The van der Waals surface area contributed by atoms with Crippen LogP contribution < -0.4 is 11.1 Å². The summed E-state index contributed by atoms with van der Waals surface area (Å²) in [5.41, 5.74) is 9.75. The highest BCUT2D eigenvalue weighted by Crippen LogP contribution is 2.43. The summed E-state index contributed by atoms with van der Waals surface area (Å²) in [6.07, 6.45) is 0.839. The van der Waals surface area contributed by atoms with E-state index in [1.54, 1.807) is 12.1 Å². The van der Waals surface area contributed by atoms with Gasteiger partial charge in [-0.05, 0) is 48.1 Å². The Morgan fingerprint density at radius 1 is 1.26 bits per heavy atom. The van der Waals surface area contributed by atoms with E-state index in [1.165, 1.54) is 6.92 Å². The highest BCUT2D eigenvalue weighted by Gasteiger charge is 2.39. The van der Waals surface area contributed by atoms with E-state index in [2.05, 4.69) is 11.4 Å². The lowest BCUT2D eigenvalue weighted by Crippen LogP contribution is -2.43. The van der Waals surface area contributed by atoms with Gasteiger partial charge in [0.05, 0.1) is 6.04 Å². The van der Waals surface area contributed by atoms with Crippen molar-refractivity contribution in [1.82, 2.24) is 5.32 Å². The van der Waals surface area contributed by atoms with E-state index < -0.39 is 30.1 Å². The molecule has 4 nitrogen and oxygen atoms in total. The Labute approximate surface area is 163 Å². The minimum atomic E-state index is -1.16. The van der Waals surface area contributed by atoms with Crippen molar-refractivity contribution >= 4 is 17.5 Å². The molecule has 0 bridgehead atoms. The van der Waals surface area contributed by atoms with E-state index in [4.69, 9.17) is 17.3 Å². The molecule has 3 rings (SSSR count). The summed E-state index contributed by atoms with van der Waals surface area (Å²) >= 11 is 5.69. The van der Waals surface area contributed by atoms with Crippen molar-refractivity contribution in [1.29, 1.82) is 0 Å². The number of hydrogen-bond donors (Lipinski definition) is 3. The third kappa shape index (κ3) is 4.49. The van der Waals surface area contributed by atoms with Crippen LogP contribution in [0.4, 0.5) is 4.39 Å². The van der Waals surface area contributed by atoms with Crippen LogP contribution in [0, 0.1) is 0 Å². The number of halogens is 2. The van der Waals surface area contributed by atoms with Gasteiger partial charge in [0.25, 0.3) is 0 Å². The normalized spacial score (nSPS) is 18.4. The quantitative estimate of drug-likeness (QED) is 0.634. The molecule has 1 aliphatic rings. The molecule has 1 aliphatic carbocycles. The number of aliphatic hydroxyl groups is 1. The molecule has 144 valence electrons. The topological polar surface area (TPSA) is 75.3 Å². The molecule has 2 aromatic rings. The summed E-state index contributed by atoms with van der Waals surface area (Å²) in [7, 11) is 0. The molecule has 2 aromatic carbocycles. The fourth-order valence-electron chi connectivity index (χ4n) is 3.04. The second-order valence-corrected chi connectivity index (χ2v) is 7.84. The molecule has 0 heterocycles. The molecule has 1 fully saturated rings. The largest absolute Gasteiger partial charge is 0.386 e. The fourth-order valence-corrected chi connectivity index (χ4v) is 3.10. The van der Waals surface area contributed by atoms with E-state index in [0.29, 0.717) is 5.56 Å². The van der Waals surface area contributed by atoms with Crippen LogP contribution in [0.2, 0.25) is 0 Å². The first-order valence-electron chi connectivity index (χ1n) is 9.02. The van der Waals surface area contributed by atoms with Gasteiger partial charge in [-0.15, -0.1) is 11.6 Å². The van der Waals surface area contributed by atoms with Crippen molar-refractivity contribution < 1.29 is 14.3 Å². The van der Waals surface area contributed by atoms with Crippen molar-refractivity contribution in [3.8, 4) is 11.1 Å². The molecule has 0 aliphatic heterocycles. The Bertz CT molecular complexity index is 806. The summed E-state index contributed by atoms with van der Waals surface area (Å²) < 4.78 is 13.3. The number of aliphatic hydroxyl groups excluding tert-OH is 1. The summed E-state index contributed by atoms with van der Waals surface area (Å²) in [5.74, 6) is -0.511. The minimum absolute atomic E-state index is 0.196. The van der Waals surface area contributed by atoms with Gasteiger partial charge in [-0.1, -0.05) is 42.5 Å². The van der Waals surface area contributed by atoms with Crippen LogP contribution in [-0.4, -0.2) is 29.1 Å². The SMILES string of the molecule is CC(Cl)C(=O)NC(CF)C(O)c1ccc(-c2cccc(C3(N)CC3)c2)cc1. The molecule has 27 heavy (non-hydrogen) atoms. The van der Waals surface area contributed by atoms with E-state index in [-0.39, 0.29) is 5.54 Å². The molecule has 1 amide bonds. The first-order chi connectivity index (χ1) is 12.8. The highest BCUT2D eigenvalue weighted by atomic mass is 35.5. The molecule has 6 heteroatoms. The van der Waals surface area contributed by atoms with Crippen molar-refractivity contribution in [2.45, 2.75) is 42.8 Å². The Morgan fingerprint density at radius 3 is 2.48 bits per heavy atom. The number of amides is 1. The maximum absolute atomic E-state index is 13.3. The van der Waals surface area contributed by atoms with Crippen LogP contribution in [-0.2, 0) is 10.3 Å². The Balaban J connectivity index is 1.75. The summed E-state index contributed by atoms with van der Waals surface area (Å²) in [5, 5.41) is 12.1. The van der Waals surface area contributed by atoms with Crippen LogP contribution >= 0.6 is 11.6 Å². The van der Waals surface area contributed by atoms with Gasteiger partial charge in [-0.3, -0.25) is 4.79 Å². The number of nitrogens with one attached hydrogen (secondary N) is 1. The molecular weight excluding hydrogens is 367 g/mol. The Hall–Kier alpha value is -1.95. The lowest BCUT2D eigenvalue weighted by atomic mass is 9.96. The van der Waals surface area contributed by atoms with Crippen molar-refractivity contribution in [3.05, 3.63) is 59.7 Å². The third-order valence-corrected chi connectivity index (χ3v) is 5.25. The molecule has 0 aromatic heterocycles. The maximum atomic E-state index is 13.3. The van der Waals surface area contributed by atoms with Crippen LogP contribution in [0.15, 0.2) is 48.5 Å². The standard InChI is InChI=1S/C21H24ClFN2O2/c1-13(22)20(27)25-18(12-23)19(26)15-7-5-14(6-8-15)16-3-2-4-17(11-16)21(24)9-10-21/h2-8,11,13,18-19,26H,9-10,12,24H2,1H3,(H,25,27). The van der Waals surface area contributed by atoms with Gasteiger partial charge in [0.1, 0.15) is 18.2 Å². The van der Waals surface area contributed by atoms with E-state index in [0.717, 1.165) is 29.5 Å². The third-order valence-electron chi connectivity index (χ3n) is 5.05. The summed E-state index contributed by atoms with van der Waals surface area (Å²) in [4.78, 5) is 11.7. The first kappa shape index (κ1) is 19.8. The van der Waals surface area contributed by atoms with Gasteiger partial charge in [0.2, 0.25) is 5.91 Å². The zero-order valence-electron chi connectivity index (χ0n) is 15.2. The fraction of sp³-hybridized carbons (Fsp3) is 0.381. The van der Waals surface area contributed by atoms with Gasteiger partial charge in [0, 0.05) is 5.54 Å². The van der Waals surface area contributed by atoms with Gasteiger partial charge in [-0.25, -0.2) is 4.39 Å². The zero-order valence-corrected chi connectivity index (χ0v) is 15.9. The molecule has 1 saturated carbocycles. The summed E-state index contributed by atoms with van der Waals surface area (Å²) in [6.45, 7) is 0.605. The van der Waals surface area contributed by atoms with Gasteiger partial charge in [0.15, 0.2) is 0 Å². The van der Waals surface area contributed by atoms with Gasteiger partial charge in [-0.2, -0.15) is 0 Å². The number of benzene rings is 2. The number of alkyl halides is 2. The number of hydrogen-bond acceptors (Lipinski definition) is 3. The Kier molecular flexibility index (Phi) is 5.84. The number of nitrogens with two attached hydrogens (primary N) is 1. The average Bonchev–Trinajstić information content (AvgIpc) is 3.44. The van der Waals surface area contributed by atoms with Crippen LogP contribution in [0.5, 0.6) is 0 Å². The van der Waals surface area contributed by atoms with Gasteiger partial charge >= 0.3 is 0 Å². The van der Waals surface area contributed by atoms with Crippen molar-refractivity contribution in [3.63, 3.8) is 0 Å². The number of carbonyl (C=O) groups excluding carboxylic acids is 1. The van der Waals surface area contributed by atoms with E-state index in [1.807, 2.05) is 30.3 Å². The predicted octanol–water partition coefficient (Wildman–Crippen LogP) is 3.42. The first-order valence-corrected chi connectivity index (χ1v) is 9.46. The molecule has 4 N–H and O–H groups in total. The van der Waals surface area contributed by atoms with Crippen molar-refractivity contribution in [2.75, 3.05) is 6.67 Å². The lowest BCUT2D eigenvalue weighted by Gasteiger charge is -2.22. The lowest BCUT2D eigenvalue weighted by molar-refractivity contribution is -0.122. The molecule has 3 atom stereocenters. The van der Waals surface area contributed by atoms with E-state index >= 15 is 0 Å². The highest BCUT2D eigenvalue weighted by molar-refractivity contribution is 6.30. The second kappa shape index (κ2) is 7.97. The van der Waals surface area contributed by atoms with Crippen molar-refractivity contribution in [2.24, 2.45) is 5.73 Å². The van der Waals surface area contributed by atoms with Crippen LogP contribution in [0.25, 0.3) is 11.1 Å². The summed E-state index contributed by atoms with van der Waals surface area (Å²) in [6, 6.07) is 14.3. The second-order valence-electron chi connectivity index (χ2n) is 7.19. The van der Waals surface area contributed by atoms with E-state index in [9.17, 15) is 14.3 Å². The maximum Gasteiger partial charge on any atom is 0.238 e. The van der Waals surface area contributed by atoms with Gasteiger partial charge < -0.3 is 16.2 Å². The van der Waals surface area contributed by atoms with Crippen LogP contribution in [0.3, 0.4) is 0 Å². The smallest absolute Gasteiger partial charge is 0.238 e. The molecule has 0 spiro atoms. The zero-order chi connectivity index (χ0) is 19.6. The molecule has 0 saturated heterocycles. The molecular formula is C21H24ClFN2O2. The Morgan fingerprint density at radius 2 is 1.93 bits per heavy atom. The minimum Gasteiger partial charge on any atom is -0.386 e. The molecule has 0 radical (unpaired) electrons. The molecule has 3 unspecified atom stereocenters. The monoisotopic (exact) mass is 390 g/mol. The average molecular weight is 391 g/mol. The number of carbonyl (C=O) groups is 1.